The van der Waals surface area contributed by atoms with E-state index in [1.165, 1.54) is 0 Å². The van der Waals surface area contributed by atoms with E-state index in [4.69, 9.17) is 0 Å². The standard InChI is InChI=1S/C20H26N2O3S/c1-20(2,3)17-9-11-18(12-10-17)26(24,25)22-14-13-21-19(23)15-16-7-5-4-6-8-16/h4-12,22H,13-15H2,1-3H3,(H,21,23). The van der Waals surface area contributed by atoms with Gasteiger partial charge in [0, 0.05) is 13.1 Å². The number of hydrogen-bond donors (Lipinski definition) is 2. The first-order valence-corrected chi connectivity index (χ1v) is 10.1. The fourth-order valence-corrected chi connectivity index (χ4v) is 3.48. The smallest absolute Gasteiger partial charge is 0.240 e. The summed E-state index contributed by atoms with van der Waals surface area (Å²) in [5.41, 5.74) is 1.97. The van der Waals surface area contributed by atoms with Gasteiger partial charge in [-0.25, -0.2) is 13.1 Å². The lowest BCUT2D eigenvalue weighted by Gasteiger charge is -2.19. The van der Waals surface area contributed by atoms with Crippen LogP contribution in [-0.4, -0.2) is 27.4 Å². The second-order valence-corrected chi connectivity index (χ2v) is 8.95. The number of nitrogens with one attached hydrogen (secondary N) is 2. The molecule has 2 aromatic carbocycles. The molecule has 140 valence electrons. The van der Waals surface area contributed by atoms with Crippen molar-refractivity contribution in [3.8, 4) is 0 Å². The molecule has 1 amide bonds. The number of carbonyl (C=O) groups excluding carboxylic acids is 1. The van der Waals surface area contributed by atoms with Gasteiger partial charge in [0.1, 0.15) is 0 Å². The van der Waals surface area contributed by atoms with Crippen molar-refractivity contribution in [2.75, 3.05) is 13.1 Å². The molecule has 2 N–H and O–H groups in total. The summed E-state index contributed by atoms with van der Waals surface area (Å²) in [6.45, 7) is 6.61. The van der Waals surface area contributed by atoms with Crippen LogP contribution in [0.15, 0.2) is 59.5 Å². The summed E-state index contributed by atoms with van der Waals surface area (Å²) >= 11 is 0. The van der Waals surface area contributed by atoms with Crippen LogP contribution in [0.1, 0.15) is 31.9 Å². The molecule has 0 aromatic heterocycles. The van der Waals surface area contributed by atoms with Crippen LogP contribution in [0.5, 0.6) is 0 Å². The van der Waals surface area contributed by atoms with Crippen molar-refractivity contribution < 1.29 is 13.2 Å². The van der Waals surface area contributed by atoms with Crippen LogP contribution in [0.4, 0.5) is 0 Å². The maximum absolute atomic E-state index is 12.3. The lowest BCUT2D eigenvalue weighted by molar-refractivity contribution is -0.120. The number of carbonyl (C=O) groups is 1. The molecule has 0 aliphatic rings. The van der Waals surface area contributed by atoms with Crippen molar-refractivity contribution in [3.63, 3.8) is 0 Å². The molecule has 0 aliphatic heterocycles. The number of benzene rings is 2. The molecule has 6 heteroatoms. The van der Waals surface area contributed by atoms with Gasteiger partial charge in [-0.15, -0.1) is 0 Å². The van der Waals surface area contributed by atoms with Crippen molar-refractivity contribution >= 4 is 15.9 Å². The molecule has 5 nitrogen and oxygen atoms in total. The summed E-state index contributed by atoms with van der Waals surface area (Å²) < 4.78 is 27.1. The third kappa shape index (κ3) is 5.97. The maximum Gasteiger partial charge on any atom is 0.240 e. The average molecular weight is 375 g/mol. The zero-order valence-electron chi connectivity index (χ0n) is 15.5. The van der Waals surface area contributed by atoms with Crippen molar-refractivity contribution in [3.05, 3.63) is 65.7 Å². The van der Waals surface area contributed by atoms with Gasteiger partial charge in [-0.1, -0.05) is 63.2 Å². The van der Waals surface area contributed by atoms with E-state index in [2.05, 4.69) is 30.8 Å². The molecule has 0 heterocycles. The van der Waals surface area contributed by atoms with E-state index in [9.17, 15) is 13.2 Å². The van der Waals surface area contributed by atoms with Crippen molar-refractivity contribution in [2.45, 2.75) is 37.5 Å². The number of hydrogen-bond acceptors (Lipinski definition) is 3. The number of rotatable bonds is 7. The maximum atomic E-state index is 12.3. The summed E-state index contributed by atoms with van der Waals surface area (Å²) in [5, 5.41) is 2.72. The van der Waals surface area contributed by atoms with E-state index in [1.807, 2.05) is 42.5 Å². The van der Waals surface area contributed by atoms with E-state index >= 15 is 0 Å². The van der Waals surface area contributed by atoms with Crippen LogP contribution >= 0.6 is 0 Å². The Labute approximate surface area is 155 Å². The van der Waals surface area contributed by atoms with Gasteiger partial charge in [-0.2, -0.15) is 0 Å². The Bertz CT molecular complexity index is 824. The van der Waals surface area contributed by atoms with Crippen LogP contribution in [0, 0.1) is 0 Å². The first kappa shape index (κ1) is 20.1. The van der Waals surface area contributed by atoms with Crippen LogP contribution in [0.25, 0.3) is 0 Å². The lowest BCUT2D eigenvalue weighted by Crippen LogP contribution is -2.35. The molecule has 26 heavy (non-hydrogen) atoms. The zero-order valence-corrected chi connectivity index (χ0v) is 16.3. The summed E-state index contributed by atoms with van der Waals surface area (Å²) in [4.78, 5) is 12.1. The highest BCUT2D eigenvalue weighted by molar-refractivity contribution is 7.89. The molecule has 0 bridgehead atoms. The minimum atomic E-state index is -3.58. The third-order valence-electron chi connectivity index (χ3n) is 3.98. The topological polar surface area (TPSA) is 75.3 Å². The van der Waals surface area contributed by atoms with Crippen molar-refractivity contribution in [1.29, 1.82) is 0 Å². The van der Waals surface area contributed by atoms with Gasteiger partial charge in [-0.3, -0.25) is 4.79 Å². The fraction of sp³-hybridized carbons (Fsp3) is 0.350. The highest BCUT2D eigenvalue weighted by Crippen LogP contribution is 2.23. The highest BCUT2D eigenvalue weighted by atomic mass is 32.2. The SMILES string of the molecule is CC(C)(C)c1ccc(S(=O)(=O)NCCNC(=O)Cc2ccccc2)cc1. The Morgan fingerprint density at radius 2 is 1.54 bits per heavy atom. The quantitative estimate of drug-likeness (QED) is 0.732. The van der Waals surface area contributed by atoms with Gasteiger partial charge in [-0.05, 0) is 28.7 Å². The van der Waals surface area contributed by atoms with Crippen LogP contribution in [-0.2, 0) is 26.7 Å². The first-order valence-electron chi connectivity index (χ1n) is 8.59. The third-order valence-corrected chi connectivity index (χ3v) is 5.45. The molecule has 0 radical (unpaired) electrons. The Morgan fingerprint density at radius 1 is 0.923 bits per heavy atom. The van der Waals surface area contributed by atoms with Crippen molar-refractivity contribution in [2.24, 2.45) is 0 Å². The highest BCUT2D eigenvalue weighted by Gasteiger charge is 2.17. The van der Waals surface area contributed by atoms with E-state index in [0.29, 0.717) is 0 Å². The molecular weight excluding hydrogens is 348 g/mol. The Morgan fingerprint density at radius 3 is 2.12 bits per heavy atom. The minimum absolute atomic E-state index is 0.0290. The zero-order chi connectivity index (χ0) is 19.2. The summed E-state index contributed by atoms with van der Waals surface area (Å²) in [6.07, 6.45) is 0.280. The first-order chi connectivity index (χ1) is 12.2. The minimum Gasteiger partial charge on any atom is -0.355 e. The Balaban J connectivity index is 1.82. The monoisotopic (exact) mass is 374 g/mol. The fourth-order valence-electron chi connectivity index (χ4n) is 2.45. The molecule has 0 fully saturated rings. The van der Waals surface area contributed by atoms with Gasteiger partial charge in [0.05, 0.1) is 11.3 Å². The molecule has 2 aromatic rings. The summed E-state index contributed by atoms with van der Waals surface area (Å²) in [5.74, 6) is -0.134. The molecule has 0 saturated heterocycles. The Kier molecular flexibility index (Phi) is 6.56. The Hall–Kier alpha value is -2.18. The largest absolute Gasteiger partial charge is 0.355 e. The molecular formula is C20H26N2O3S. The van der Waals surface area contributed by atoms with Crippen LogP contribution in [0.2, 0.25) is 0 Å². The molecule has 0 spiro atoms. The second kappa shape index (κ2) is 8.47. The molecule has 0 atom stereocenters. The predicted octanol–water partition coefficient (Wildman–Crippen LogP) is 2.62. The van der Waals surface area contributed by atoms with E-state index < -0.39 is 10.0 Å². The molecule has 0 aliphatic carbocycles. The van der Waals surface area contributed by atoms with Gasteiger partial charge in [0.25, 0.3) is 0 Å². The summed E-state index contributed by atoms with van der Waals surface area (Å²) in [7, 11) is -3.58. The molecule has 0 saturated carbocycles. The van der Waals surface area contributed by atoms with Gasteiger partial charge >= 0.3 is 0 Å². The van der Waals surface area contributed by atoms with E-state index in [-0.39, 0.29) is 35.7 Å². The lowest BCUT2D eigenvalue weighted by atomic mass is 9.87. The van der Waals surface area contributed by atoms with E-state index in [1.54, 1.807) is 12.1 Å². The van der Waals surface area contributed by atoms with Gasteiger partial charge in [0.15, 0.2) is 0 Å². The van der Waals surface area contributed by atoms with Crippen LogP contribution < -0.4 is 10.0 Å². The van der Waals surface area contributed by atoms with Crippen LogP contribution in [0.3, 0.4) is 0 Å². The average Bonchev–Trinajstić information content (AvgIpc) is 2.59. The normalized spacial score (nSPS) is 12.0. The van der Waals surface area contributed by atoms with Gasteiger partial charge < -0.3 is 5.32 Å². The predicted molar refractivity (Wildman–Crippen MR) is 103 cm³/mol. The molecule has 0 unspecified atom stereocenters. The number of amides is 1. The van der Waals surface area contributed by atoms with Gasteiger partial charge in [0.2, 0.25) is 15.9 Å². The van der Waals surface area contributed by atoms with E-state index in [0.717, 1.165) is 11.1 Å². The van der Waals surface area contributed by atoms with Crippen molar-refractivity contribution in [1.82, 2.24) is 10.0 Å². The number of sulfonamides is 1. The summed E-state index contributed by atoms with van der Waals surface area (Å²) in [6, 6.07) is 16.3. The second-order valence-electron chi connectivity index (χ2n) is 7.18. The molecule has 2 rings (SSSR count).